The summed E-state index contributed by atoms with van der Waals surface area (Å²) >= 11 is 0. The smallest absolute Gasteiger partial charge is 0.434 e. The van der Waals surface area contributed by atoms with Crippen molar-refractivity contribution in [3.8, 4) is 56.3 Å². The molecular formula is C54H30BNO4. The fourth-order valence-electron chi connectivity index (χ4n) is 10.0. The summed E-state index contributed by atoms with van der Waals surface area (Å²) in [5.41, 5.74) is 15.3. The maximum Gasteiger partial charge on any atom is 0.434 e. The zero-order valence-electron chi connectivity index (χ0n) is 32.0. The highest BCUT2D eigenvalue weighted by Gasteiger charge is 2.41. The molecule has 0 fully saturated rings. The zero-order chi connectivity index (χ0) is 39.1. The molecule has 14 rings (SSSR count). The Morgan fingerprint density at radius 3 is 1.95 bits per heavy atom. The van der Waals surface area contributed by atoms with Gasteiger partial charge in [-0.05, 0) is 95.1 Å². The summed E-state index contributed by atoms with van der Waals surface area (Å²) in [4.78, 5) is 0. The van der Waals surface area contributed by atoms with E-state index in [9.17, 15) is 0 Å². The Balaban J connectivity index is 0.939. The first kappa shape index (κ1) is 32.1. The second-order valence-electron chi connectivity index (χ2n) is 15.9. The van der Waals surface area contributed by atoms with Crippen molar-refractivity contribution in [2.75, 3.05) is 0 Å². The third kappa shape index (κ3) is 4.37. The fourth-order valence-corrected chi connectivity index (χ4v) is 10.0. The lowest BCUT2D eigenvalue weighted by Crippen LogP contribution is -2.53. The van der Waals surface area contributed by atoms with Crippen molar-refractivity contribution in [1.82, 2.24) is 4.57 Å². The van der Waals surface area contributed by atoms with Gasteiger partial charge in [-0.1, -0.05) is 109 Å². The molecule has 0 amide bonds. The first-order valence-corrected chi connectivity index (χ1v) is 20.3. The van der Waals surface area contributed by atoms with Gasteiger partial charge in [0.2, 0.25) is 0 Å². The minimum Gasteiger partial charge on any atom is -0.551 e. The standard InChI is InChI=1S/C54H30BNO4/c1-6-16-43(56-44-17-7-2-12-35(44)36-13-3-8-18-45(36)56)34(11-1)32-21-24-42-50(29-32)58-51-30-33(28-40-38-15-5-10-20-48(38)60-55(42)53(40)51)31-22-25-47-41(27-31)52-49(57-47)26-23-39-37-14-4-9-19-46(37)59-54(39)52/h1-30H. The van der Waals surface area contributed by atoms with Crippen molar-refractivity contribution in [3.63, 3.8) is 0 Å². The van der Waals surface area contributed by atoms with Crippen LogP contribution in [0.3, 0.4) is 0 Å². The lowest BCUT2D eigenvalue weighted by Gasteiger charge is -2.33. The molecule has 0 N–H and O–H groups in total. The predicted molar refractivity (Wildman–Crippen MR) is 244 cm³/mol. The van der Waals surface area contributed by atoms with Gasteiger partial charge in [0.25, 0.3) is 0 Å². The van der Waals surface area contributed by atoms with Crippen molar-refractivity contribution in [2.24, 2.45) is 0 Å². The topological polar surface area (TPSA) is 49.7 Å². The molecule has 278 valence electrons. The number of aromatic nitrogens is 1. The third-order valence-electron chi connectivity index (χ3n) is 12.7. The van der Waals surface area contributed by atoms with Gasteiger partial charge in [-0.3, -0.25) is 0 Å². The van der Waals surface area contributed by atoms with Gasteiger partial charge >= 0.3 is 6.92 Å². The molecule has 0 spiro atoms. The van der Waals surface area contributed by atoms with Gasteiger partial charge in [0.05, 0.1) is 22.1 Å². The number of rotatable bonds is 3. The van der Waals surface area contributed by atoms with Crippen molar-refractivity contribution in [2.45, 2.75) is 0 Å². The monoisotopic (exact) mass is 767 g/mol. The fraction of sp³-hybridized carbons (Fsp3) is 0. The lowest BCUT2D eigenvalue weighted by molar-refractivity contribution is 0.480. The molecule has 0 bridgehead atoms. The van der Waals surface area contributed by atoms with E-state index < -0.39 is 0 Å². The van der Waals surface area contributed by atoms with E-state index in [1.165, 1.54) is 21.8 Å². The molecule has 0 saturated carbocycles. The predicted octanol–water partition coefficient (Wildman–Crippen LogP) is 13.2. The van der Waals surface area contributed by atoms with Gasteiger partial charge in [-0.15, -0.1) is 0 Å². The molecule has 2 aliphatic rings. The minimum absolute atomic E-state index is 0.328. The van der Waals surface area contributed by atoms with Crippen LogP contribution in [0.25, 0.3) is 105 Å². The Morgan fingerprint density at radius 1 is 0.400 bits per heavy atom. The van der Waals surface area contributed by atoms with E-state index >= 15 is 0 Å². The van der Waals surface area contributed by atoms with Gasteiger partial charge in [-0.25, -0.2) is 0 Å². The first-order valence-electron chi connectivity index (χ1n) is 20.3. The second kappa shape index (κ2) is 11.8. The SMILES string of the molecule is c1ccc2c(c1)OB1c3ccc(-c4ccccc4-n4c5ccccc5c5ccccc54)cc3Oc3cc(-c4ccc5oc6ccc7c8ccccc8oc7c6c5c4)cc-2c31. The molecule has 3 aromatic heterocycles. The highest BCUT2D eigenvalue weighted by molar-refractivity contribution is 6.84. The van der Waals surface area contributed by atoms with Crippen LogP contribution in [-0.4, -0.2) is 11.5 Å². The Morgan fingerprint density at radius 2 is 1.08 bits per heavy atom. The van der Waals surface area contributed by atoms with Gasteiger partial charge in [-0.2, -0.15) is 0 Å². The quantitative estimate of drug-likeness (QED) is 0.168. The molecule has 0 aliphatic carbocycles. The van der Waals surface area contributed by atoms with E-state index in [2.05, 4.69) is 168 Å². The summed E-state index contributed by atoms with van der Waals surface area (Å²) < 4.78 is 29.2. The van der Waals surface area contributed by atoms with E-state index in [4.69, 9.17) is 18.2 Å². The van der Waals surface area contributed by atoms with E-state index in [0.29, 0.717) is 0 Å². The molecule has 0 unspecified atom stereocenters. The highest BCUT2D eigenvalue weighted by Crippen LogP contribution is 2.45. The van der Waals surface area contributed by atoms with Gasteiger partial charge in [0, 0.05) is 49.0 Å². The molecule has 0 atom stereocenters. The van der Waals surface area contributed by atoms with Crippen LogP contribution in [0.2, 0.25) is 0 Å². The van der Waals surface area contributed by atoms with Crippen LogP contribution in [-0.2, 0) is 0 Å². The molecule has 0 saturated heterocycles. The molecule has 5 heterocycles. The summed E-state index contributed by atoms with van der Waals surface area (Å²) in [5.74, 6) is 2.43. The Labute approximate surface area is 343 Å². The van der Waals surface area contributed by atoms with E-state index in [1.807, 2.05) is 18.2 Å². The number of furan rings is 2. The molecule has 12 aromatic rings. The van der Waals surface area contributed by atoms with Crippen LogP contribution in [0.4, 0.5) is 0 Å². The number of benzene rings is 9. The maximum atomic E-state index is 7.05. The number of ether oxygens (including phenoxy) is 1. The summed E-state index contributed by atoms with van der Waals surface area (Å²) in [5, 5.41) is 6.64. The van der Waals surface area contributed by atoms with Gasteiger partial charge < -0.3 is 22.8 Å². The first-order chi connectivity index (χ1) is 29.7. The van der Waals surface area contributed by atoms with Crippen molar-refractivity contribution in [1.29, 1.82) is 0 Å². The van der Waals surface area contributed by atoms with Crippen molar-refractivity contribution < 1.29 is 18.2 Å². The van der Waals surface area contributed by atoms with E-state index in [1.54, 1.807) is 0 Å². The van der Waals surface area contributed by atoms with Crippen LogP contribution < -0.4 is 20.3 Å². The molecule has 2 aliphatic heterocycles. The average molecular weight is 768 g/mol. The summed E-state index contributed by atoms with van der Waals surface area (Å²) in [7, 11) is 0. The minimum atomic E-state index is -0.328. The van der Waals surface area contributed by atoms with Gasteiger partial charge in [0.15, 0.2) is 0 Å². The largest absolute Gasteiger partial charge is 0.551 e. The lowest BCUT2D eigenvalue weighted by atomic mass is 9.50. The third-order valence-corrected chi connectivity index (χ3v) is 12.7. The van der Waals surface area contributed by atoms with Gasteiger partial charge in [0.1, 0.15) is 39.6 Å². The molecule has 0 radical (unpaired) electrons. The molecule has 9 aromatic carbocycles. The number of fused-ring (bicyclic) bond motifs is 14. The summed E-state index contributed by atoms with van der Waals surface area (Å²) in [6.07, 6.45) is 0. The number of nitrogens with zero attached hydrogens (tertiary/aromatic N) is 1. The van der Waals surface area contributed by atoms with Crippen LogP contribution >= 0.6 is 0 Å². The Bertz CT molecular complexity index is 3760. The molecular weight excluding hydrogens is 737 g/mol. The highest BCUT2D eigenvalue weighted by atomic mass is 16.5. The normalized spacial score (nSPS) is 12.9. The average Bonchev–Trinajstić information content (AvgIpc) is 3.98. The van der Waals surface area contributed by atoms with Crippen LogP contribution in [0, 0.1) is 0 Å². The van der Waals surface area contributed by atoms with E-state index in [-0.39, 0.29) is 6.92 Å². The Hall–Kier alpha value is -7.96. The number of para-hydroxylation sites is 5. The van der Waals surface area contributed by atoms with Crippen molar-refractivity contribution in [3.05, 3.63) is 182 Å². The maximum absolute atomic E-state index is 7.05. The number of hydrogen-bond acceptors (Lipinski definition) is 4. The molecule has 60 heavy (non-hydrogen) atoms. The van der Waals surface area contributed by atoms with Crippen LogP contribution in [0.1, 0.15) is 0 Å². The number of hydrogen-bond donors (Lipinski definition) is 0. The Kier molecular flexibility index (Phi) is 6.31. The second-order valence-corrected chi connectivity index (χ2v) is 15.9. The van der Waals surface area contributed by atoms with Crippen LogP contribution in [0.15, 0.2) is 191 Å². The zero-order valence-corrected chi connectivity index (χ0v) is 32.0. The van der Waals surface area contributed by atoms with Crippen molar-refractivity contribution >= 4 is 83.5 Å². The van der Waals surface area contributed by atoms with E-state index in [0.717, 1.165) is 111 Å². The molecule has 5 nitrogen and oxygen atoms in total. The molecule has 6 heteroatoms. The summed E-state index contributed by atoms with van der Waals surface area (Å²) in [6.45, 7) is -0.328. The van der Waals surface area contributed by atoms with Crippen LogP contribution in [0.5, 0.6) is 17.2 Å². The summed E-state index contributed by atoms with van der Waals surface area (Å²) in [6, 6.07) is 64.1.